The molecule has 0 aliphatic carbocycles. The van der Waals surface area contributed by atoms with Gasteiger partial charge in [0, 0.05) is 0 Å². The van der Waals surface area contributed by atoms with E-state index in [1.54, 1.807) is 24.3 Å². The van der Waals surface area contributed by atoms with E-state index in [1.165, 1.54) is 19.2 Å². The molecule has 0 unspecified atom stereocenters. The Morgan fingerprint density at radius 2 is 1.90 bits per heavy atom. The number of aryl methyl sites for hydroxylation is 1. The van der Waals surface area contributed by atoms with E-state index in [4.69, 9.17) is 14.6 Å². The van der Waals surface area contributed by atoms with Crippen molar-refractivity contribution in [3.05, 3.63) is 58.9 Å². The average molecular weight is 276 g/mol. The lowest BCUT2D eigenvalue weighted by molar-refractivity contribution is 0.274. The predicted molar refractivity (Wildman–Crippen MR) is 74.4 cm³/mol. The van der Waals surface area contributed by atoms with E-state index in [0.29, 0.717) is 11.5 Å². The lowest BCUT2D eigenvalue weighted by atomic mass is 10.1. The van der Waals surface area contributed by atoms with Crippen molar-refractivity contribution in [2.45, 2.75) is 20.1 Å². The fourth-order valence-electron chi connectivity index (χ4n) is 1.88. The highest BCUT2D eigenvalue weighted by atomic mass is 19.1. The molecule has 2 aromatic carbocycles. The second-order valence-electron chi connectivity index (χ2n) is 4.50. The zero-order valence-electron chi connectivity index (χ0n) is 11.5. The van der Waals surface area contributed by atoms with E-state index >= 15 is 0 Å². The molecule has 2 aromatic rings. The molecular weight excluding hydrogens is 259 g/mol. The highest BCUT2D eigenvalue weighted by molar-refractivity contribution is 5.43. The van der Waals surface area contributed by atoms with Gasteiger partial charge in [-0.15, -0.1) is 0 Å². The summed E-state index contributed by atoms with van der Waals surface area (Å²) in [5.41, 5.74) is 2.51. The SMILES string of the molecule is COc1cc(CO)ccc1OCc1cc(F)ccc1C. The first-order valence-electron chi connectivity index (χ1n) is 6.29. The largest absolute Gasteiger partial charge is 0.493 e. The smallest absolute Gasteiger partial charge is 0.161 e. The molecule has 0 aliphatic heterocycles. The maximum Gasteiger partial charge on any atom is 0.161 e. The van der Waals surface area contributed by atoms with Crippen molar-refractivity contribution < 1.29 is 19.0 Å². The molecule has 0 fully saturated rings. The minimum absolute atomic E-state index is 0.0559. The van der Waals surface area contributed by atoms with Gasteiger partial charge in [0.2, 0.25) is 0 Å². The number of halogens is 1. The molecule has 0 saturated heterocycles. The highest BCUT2D eigenvalue weighted by Crippen LogP contribution is 2.29. The van der Waals surface area contributed by atoms with Crippen LogP contribution in [0, 0.1) is 12.7 Å². The van der Waals surface area contributed by atoms with Crippen LogP contribution in [0.1, 0.15) is 16.7 Å². The molecule has 4 heteroatoms. The van der Waals surface area contributed by atoms with Crippen LogP contribution >= 0.6 is 0 Å². The topological polar surface area (TPSA) is 38.7 Å². The van der Waals surface area contributed by atoms with Crippen LogP contribution in [0.25, 0.3) is 0 Å². The Bertz CT molecular complexity index is 596. The number of ether oxygens (including phenoxy) is 2. The van der Waals surface area contributed by atoms with Gasteiger partial charge in [-0.05, 0) is 47.9 Å². The van der Waals surface area contributed by atoms with Gasteiger partial charge in [-0.3, -0.25) is 0 Å². The maximum absolute atomic E-state index is 13.2. The zero-order valence-corrected chi connectivity index (χ0v) is 11.5. The molecule has 0 atom stereocenters. The number of methoxy groups -OCH3 is 1. The number of rotatable bonds is 5. The first kappa shape index (κ1) is 14.3. The molecule has 106 valence electrons. The molecule has 0 amide bonds. The Balaban J connectivity index is 2.16. The Kier molecular flexibility index (Phi) is 4.58. The second-order valence-corrected chi connectivity index (χ2v) is 4.50. The Morgan fingerprint density at radius 3 is 2.60 bits per heavy atom. The van der Waals surface area contributed by atoms with Crippen molar-refractivity contribution in [3.63, 3.8) is 0 Å². The summed E-state index contributed by atoms with van der Waals surface area (Å²) in [7, 11) is 1.54. The molecule has 0 aromatic heterocycles. The average Bonchev–Trinajstić information content (AvgIpc) is 2.48. The maximum atomic E-state index is 13.2. The first-order valence-corrected chi connectivity index (χ1v) is 6.29. The summed E-state index contributed by atoms with van der Waals surface area (Å²) < 4.78 is 24.1. The van der Waals surface area contributed by atoms with Crippen molar-refractivity contribution in [2.24, 2.45) is 0 Å². The molecular formula is C16H17FO3. The minimum atomic E-state index is -0.281. The molecule has 2 rings (SSSR count). The zero-order chi connectivity index (χ0) is 14.5. The lowest BCUT2D eigenvalue weighted by Crippen LogP contribution is -2.00. The Hall–Kier alpha value is -2.07. The number of hydrogen-bond donors (Lipinski definition) is 1. The van der Waals surface area contributed by atoms with Gasteiger partial charge in [0.15, 0.2) is 11.5 Å². The van der Waals surface area contributed by atoms with Crippen LogP contribution < -0.4 is 9.47 Å². The van der Waals surface area contributed by atoms with Gasteiger partial charge < -0.3 is 14.6 Å². The van der Waals surface area contributed by atoms with Gasteiger partial charge in [-0.25, -0.2) is 4.39 Å². The molecule has 0 radical (unpaired) electrons. The molecule has 20 heavy (non-hydrogen) atoms. The summed E-state index contributed by atoms with van der Waals surface area (Å²) in [4.78, 5) is 0. The third-order valence-corrected chi connectivity index (χ3v) is 3.10. The van der Waals surface area contributed by atoms with Crippen LogP contribution in [-0.4, -0.2) is 12.2 Å². The summed E-state index contributed by atoms with van der Waals surface area (Å²) >= 11 is 0. The van der Waals surface area contributed by atoms with Crippen LogP contribution in [0.2, 0.25) is 0 Å². The summed E-state index contributed by atoms with van der Waals surface area (Å²) in [5, 5.41) is 9.09. The summed E-state index contributed by atoms with van der Waals surface area (Å²) in [6.45, 7) is 2.11. The quantitative estimate of drug-likeness (QED) is 0.911. The van der Waals surface area contributed by atoms with Crippen molar-refractivity contribution >= 4 is 0 Å². The first-order chi connectivity index (χ1) is 9.63. The van der Waals surface area contributed by atoms with Crippen LogP contribution in [0.5, 0.6) is 11.5 Å². The third-order valence-electron chi connectivity index (χ3n) is 3.10. The van der Waals surface area contributed by atoms with Crippen LogP contribution in [0.3, 0.4) is 0 Å². The molecule has 1 N–H and O–H groups in total. The third kappa shape index (κ3) is 3.27. The van der Waals surface area contributed by atoms with E-state index in [1.807, 2.05) is 6.92 Å². The van der Waals surface area contributed by atoms with E-state index in [2.05, 4.69) is 0 Å². The Labute approximate surface area is 117 Å². The number of aliphatic hydroxyl groups excluding tert-OH is 1. The molecule has 0 aliphatic rings. The predicted octanol–water partition coefficient (Wildman–Crippen LogP) is 3.21. The van der Waals surface area contributed by atoms with Crippen molar-refractivity contribution in [1.82, 2.24) is 0 Å². The number of benzene rings is 2. The molecule has 0 saturated carbocycles. The summed E-state index contributed by atoms with van der Waals surface area (Å²) in [6.07, 6.45) is 0. The van der Waals surface area contributed by atoms with Gasteiger partial charge >= 0.3 is 0 Å². The van der Waals surface area contributed by atoms with Crippen molar-refractivity contribution in [1.29, 1.82) is 0 Å². The molecule has 0 bridgehead atoms. The summed E-state index contributed by atoms with van der Waals surface area (Å²) in [6, 6.07) is 9.82. The van der Waals surface area contributed by atoms with Gasteiger partial charge in [-0.1, -0.05) is 12.1 Å². The van der Waals surface area contributed by atoms with Gasteiger partial charge in [0.05, 0.1) is 13.7 Å². The number of hydrogen-bond acceptors (Lipinski definition) is 3. The standard InChI is InChI=1S/C16H17FO3/c1-11-3-5-14(17)8-13(11)10-20-15-6-4-12(9-18)7-16(15)19-2/h3-8,18H,9-10H2,1-2H3. The molecule has 3 nitrogen and oxygen atoms in total. The monoisotopic (exact) mass is 276 g/mol. The van der Waals surface area contributed by atoms with E-state index in [9.17, 15) is 4.39 Å². The van der Waals surface area contributed by atoms with Crippen LogP contribution in [0.15, 0.2) is 36.4 Å². The van der Waals surface area contributed by atoms with E-state index in [0.717, 1.165) is 16.7 Å². The van der Waals surface area contributed by atoms with Crippen LogP contribution in [-0.2, 0) is 13.2 Å². The molecule has 0 heterocycles. The second kappa shape index (κ2) is 6.39. The lowest BCUT2D eigenvalue weighted by Gasteiger charge is -2.13. The number of aliphatic hydroxyl groups is 1. The van der Waals surface area contributed by atoms with Gasteiger partial charge in [0.25, 0.3) is 0 Å². The normalized spacial score (nSPS) is 10.4. The van der Waals surface area contributed by atoms with E-state index in [-0.39, 0.29) is 19.0 Å². The van der Waals surface area contributed by atoms with E-state index < -0.39 is 0 Å². The Morgan fingerprint density at radius 1 is 1.10 bits per heavy atom. The molecule has 0 spiro atoms. The van der Waals surface area contributed by atoms with Gasteiger partial charge in [-0.2, -0.15) is 0 Å². The fourth-order valence-corrected chi connectivity index (χ4v) is 1.88. The van der Waals surface area contributed by atoms with Crippen LogP contribution in [0.4, 0.5) is 4.39 Å². The fraction of sp³-hybridized carbons (Fsp3) is 0.250. The highest BCUT2D eigenvalue weighted by Gasteiger charge is 2.07. The van der Waals surface area contributed by atoms with Gasteiger partial charge in [0.1, 0.15) is 12.4 Å². The van der Waals surface area contributed by atoms with Crippen molar-refractivity contribution in [3.8, 4) is 11.5 Å². The minimum Gasteiger partial charge on any atom is -0.493 e. The van der Waals surface area contributed by atoms with Crippen molar-refractivity contribution in [2.75, 3.05) is 7.11 Å². The summed E-state index contributed by atoms with van der Waals surface area (Å²) in [5.74, 6) is 0.829.